The number of hydrogen-bond acceptors (Lipinski definition) is 7. The van der Waals surface area contributed by atoms with Crippen LogP contribution < -0.4 is 11.1 Å². The molecule has 1 fully saturated rings. The molecule has 11 heteroatoms. The number of amidine groups is 1. The normalized spacial score (nSPS) is 20.2. The molecule has 2 aliphatic rings. The molecule has 0 aliphatic carbocycles. The molecule has 5 N–H and O–H groups in total. The average molecular weight is 432 g/mol. The van der Waals surface area contributed by atoms with E-state index in [0.29, 0.717) is 16.7 Å². The molecule has 1 saturated heterocycles. The van der Waals surface area contributed by atoms with E-state index in [2.05, 4.69) is 5.32 Å². The highest BCUT2D eigenvalue weighted by molar-refractivity contribution is 8.00. The Balaban J connectivity index is 1.65. The van der Waals surface area contributed by atoms with Gasteiger partial charge in [0, 0.05) is 23.8 Å². The van der Waals surface area contributed by atoms with Crippen molar-refractivity contribution in [3.63, 3.8) is 0 Å². The molecule has 3 rings (SSSR count). The van der Waals surface area contributed by atoms with Crippen LogP contribution in [0.4, 0.5) is 0 Å². The van der Waals surface area contributed by atoms with E-state index >= 15 is 0 Å². The Morgan fingerprint density at radius 3 is 2.57 bits per heavy atom. The van der Waals surface area contributed by atoms with Crippen molar-refractivity contribution in [3.8, 4) is 0 Å². The third kappa shape index (κ3) is 4.30. The van der Waals surface area contributed by atoms with Gasteiger partial charge in [-0.25, -0.2) is 4.79 Å². The maximum atomic E-state index is 12.6. The van der Waals surface area contributed by atoms with Crippen LogP contribution in [0, 0.1) is 5.41 Å². The van der Waals surface area contributed by atoms with Crippen LogP contribution in [0.15, 0.2) is 35.5 Å². The van der Waals surface area contributed by atoms with Gasteiger partial charge in [0.2, 0.25) is 5.91 Å². The molecule has 2 amide bonds. The molecule has 0 spiro atoms. The summed E-state index contributed by atoms with van der Waals surface area (Å²) in [6.45, 7) is 1.02. The highest BCUT2D eigenvalue weighted by Gasteiger charge is 2.54. The second kappa shape index (κ2) is 8.57. The molecule has 0 saturated carbocycles. The molecule has 0 aromatic heterocycles. The fraction of sp³-hybridized carbons (Fsp3) is 0.316. The predicted molar refractivity (Wildman–Crippen MR) is 107 cm³/mol. The van der Waals surface area contributed by atoms with Crippen molar-refractivity contribution in [2.45, 2.75) is 24.8 Å². The molecule has 2 atom stereocenters. The fourth-order valence-corrected chi connectivity index (χ4v) is 4.52. The fourth-order valence-electron chi connectivity index (χ4n) is 3.20. The molecular formula is C19H20N4O6S. The Hall–Kier alpha value is -3.34. The van der Waals surface area contributed by atoms with Crippen molar-refractivity contribution in [1.82, 2.24) is 10.2 Å². The Morgan fingerprint density at radius 2 is 2.00 bits per heavy atom. The van der Waals surface area contributed by atoms with E-state index < -0.39 is 29.3 Å². The summed E-state index contributed by atoms with van der Waals surface area (Å²) in [5, 5.41) is 19.0. The lowest BCUT2D eigenvalue weighted by Gasteiger charge is -2.49. The van der Waals surface area contributed by atoms with E-state index in [4.69, 9.17) is 15.9 Å². The van der Waals surface area contributed by atoms with E-state index in [-0.39, 0.29) is 36.2 Å². The number of rotatable bonds is 7. The van der Waals surface area contributed by atoms with Gasteiger partial charge < -0.3 is 20.9 Å². The summed E-state index contributed by atoms with van der Waals surface area (Å²) in [5.74, 6) is -2.54. The third-order valence-electron chi connectivity index (χ3n) is 4.65. The van der Waals surface area contributed by atoms with Crippen LogP contribution in [0.1, 0.15) is 18.1 Å². The molecular weight excluding hydrogens is 412 g/mol. The number of hydrogen-bond donors (Lipinski definition) is 4. The minimum Gasteiger partial charge on any atom is -0.477 e. The topological polar surface area (TPSA) is 163 Å². The predicted octanol–water partition coefficient (Wildman–Crippen LogP) is -0.185. The first-order valence-electron chi connectivity index (χ1n) is 8.95. The van der Waals surface area contributed by atoms with Gasteiger partial charge in [0.15, 0.2) is 0 Å². The SMILES string of the molecule is CC(=O)OCC1=C(C(=O)O)N2C(=O)[C@@H](NC(=O)Cc3ccc(C(=N)N)cc3)[C@H]2SC1. The Labute approximate surface area is 175 Å². The minimum absolute atomic E-state index is 0.0265. The zero-order valence-corrected chi connectivity index (χ0v) is 16.8. The summed E-state index contributed by atoms with van der Waals surface area (Å²) in [6, 6.07) is 5.78. The van der Waals surface area contributed by atoms with E-state index in [1.165, 1.54) is 18.7 Å². The summed E-state index contributed by atoms with van der Waals surface area (Å²) in [7, 11) is 0. The van der Waals surface area contributed by atoms with Crippen molar-refractivity contribution in [1.29, 1.82) is 5.41 Å². The maximum absolute atomic E-state index is 12.6. The maximum Gasteiger partial charge on any atom is 0.352 e. The van der Waals surface area contributed by atoms with E-state index in [1.54, 1.807) is 24.3 Å². The Bertz CT molecular complexity index is 958. The van der Waals surface area contributed by atoms with Gasteiger partial charge in [-0.1, -0.05) is 24.3 Å². The third-order valence-corrected chi connectivity index (χ3v) is 5.99. The summed E-state index contributed by atoms with van der Waals surface area (Å²) in [4.78, 5) is 48.7. The van der Waals surface area contributed by atoms with Gasteiger partial charge in [-0.15, -0.1) is 11.8 Å². The van der Waals surface area contributed by atoms with Crippen LogP contribution >= 0.6 is 11.8 Å². The summed E-state index contributed by atoms with van der Waals surface area (Å²) in [6.07, 6.45) is 0.0265. The summed E-state index contributed by atoms with van der Waals surface area (Å²) in [5.41, 5.74) is 6.77. The first kappa shape index (κ1) is 21.4. The molecule has 158 valence electrons. The standard InChI is InChI=1S/C19H20N4O6S/c1-9(24)29-7-12-8-30-18-14(17(26)23(18)15(12)19(27)28)22-13(25)6-10-2-4-11(5-3-10)16(20)21/h2-5,14,18H,6-8H2,1H3,(H3,20,21)(H,22,25)(H,27,28)/t14-,18-/m1/s1. The Morgan fingerprint density at radius 1 is 1.33 bits per heavy atom. The van der Waals surface area contributed by atoms with Gasteiger partial charge in [-0.2, -0.15) is 0 Å². The van der Waals surface area contributed by atoms with Crippen LogP contribution in [-0.2, 0) is 30.3 Å². The Kier molecular flexibility index (Phi) is 6.11. The van der Waals surface area contributed by atoms with Gasteiger partial charge in [0.05, 0.1) is 6.42 Å². The summed E-state index contributed by atoms with van der Waals surface area (Å²) < 4.78 is 4.88. The quantitative estimate of drug-likeness (QED) is 0.199. The number of benzene rings is 1. The number of fused-ring (bicyclic) bond motifs is 1. The number of thioether (sulfide) groups is 1. The van der Waals surface area contributed by atoms with Crippen molar-refractivity contribution >= 4 is 41.4 Å². The lowest BCUT2D eigenvalue weighted by Crippen LogP contribution is -2.70. The second-order valence-corrected chi connectivity index (χ2v) is 7.88. The number of nitrogens with zero attached hydrogens (tertiary/aromatic N) is 1. The van der Waals surface area contributed by atoms with E-state index in [0.717, 1.165) is 4.90 Å². The molecule has 1 aromatic rings. The smallest absolute Gasteiger partial charge is 0.352 e. The number of esters is 1. The molecule has 1 aromatic carbocycles. The number of nitrogen functional groups attached to an aromatic ring is 1. The number of ether oxygens (including phenoxy) is 1. The molecule has 10 nitrogen and oxygen atoms in total. The molecule has 2 aliphatic heterocycles. The molecule has 0 bridgehead atoms. The zero-order valence-electron chi connectivity index (χ0n) is 16.0. The van der Waals surface area contributed by atoms with E-state index in [9.17, 15) is 24.3 Å². The van der Waals surface area contributed by atoms with Crippen molar-refractivity contribution in [3.05, 3.63) is 46.7 Å². The highest BCUT2D eigenvalue weighted by atomic mass is 32.2. The summed E-state index contributed by atoms with van der Waals surface area (Å²) >= 11 is 1.30. The van der Waals surface area contributed by atoms with Crippen molar-refractivity contribution < 1.29 is 29.0 Å². The highest BCUT2D eigenvalue weighted by Crippen LogP contribution is 2.40. The van der Waals surface area contributed by atoms with Gasteiger partial charge in [0.25, 0.3) is 5.91 Å². The zero-order chi connectivity index (χ0) is 22.0. The van der Waals surface area contributed by atoms with Crippen LogP contribution in [0.25, 0.3) is 0 Å². The molecule has 0 radical (unpaired) electrons. The number of amides is 2. The number of nitrogens with two attached hydrogens (primary N) is 1. The average Bonchev–Trinajstić information content (AvgIpc) is 2.69. The van der Waals surface area contributed by atoms with Gasteiger partial charge in [-0.05, 0) is 5.56 Å². The van der Waals surface area contributed by atoms with Gasteiger partial charge in [0.1, 0.15) is 29.6 Å². The number of carbonyl (C=O) groups excluding carboxylic acids is 3. The minimum atomic E-state index is -1.29. The first-order valence-corrected chi connectivity index (χ1v) is 10.00. The van der Waals surface area contributed by atoms with Gasteiger partial charge in [-0.3, -0.25) is 24.7 Å². The van der Waals surface area contributed by atoms with Gasteiger partial charge >= 0.3 is 11.9 Å². The first-order chi connectivity index (χ1) is 14.2. The number of carbonyl (C=O) groups is 4. The molecule has 2 heterocycles. The van der Waals surface area contributed by atoms with Crippen LogP contribution in [0.2, 0.25) is 0 Å². The number of carboxylic acids is 1. The number of aliphatic carboxylic acids is 1. The number of carboxylic acid groups (broad SMARTS) is 1. The van der Waals surface area contributed by atoms with Crippen LogP contribution in [-0.4, -0.2) is 63.4 Å². The van der Waals surface area contributed by atoms with Crippen molar-refractivity contribution in [2.24, 2.45) is 5.73 Å². The lowest BCUT2D eigenvalue weighted by molar-refractivity contribution is -0.151. The van der Waals surface area contributed by atoms with E-state index in [1.807, 2.05) is 0 Å². The number of nitrogens with one attached hydrogen (secondary N) is 2. The second-order valence-electron chi connectivity index (χ2n) is 6.78. The number of β-lactam (4-membered cyclic amide) rings is 1. The largest absolute Gasteiger partial charge is 0.477 e. The molecule has 0 unspecified atom stereocenters. The van der Waals surface area contributed by atoms with Crippen LogP contribution in [0.3, 0.4) is 0 Å². The monoisotopic (exact) mass is 432 g/mol. The molecule has 30 heavy (non-hydrogen) atoms. The van der Waals surface area contributed by atoms with Crippen molar-refractivity contribution in [2.75, 3.05) is 12.4 Å². The lowest BCUT2D eigenvalue weighted by atomic mass is 10.0. The van der Waals surface area contributed by atoms with Crippen LogP contribution in [0.5, 0.6) is 0 Å².